The van der Waals surface area contributed by atoms with E-state index in [1.54, 1.807) is 0 Å². The largest absolute Gasteiger partial charge is 0.465 e. The number of carbonyl (C=O) groups is 1. The monoisotopic (exact) mass is 451 g/mol. The van der Waals surface area contributed by atoms with Crippen LogP contribution in [0.15, 0.2) is 12.3 Å². The summed E-state index contributed by atoms with van der Waals surface area (Å²) in [5.74, 6) is -1.21. The molecule has 134 valence electrons. The Labute approximate surface area is 164 Å². The van der Waals surface area contributed by atoms with Crippen LogP contribution in [0.5, 0.6) is 0 Å². The highest BCUT2D eigenvalue weighted by Crippen LogP contribution is 2.48. The smallest absolute Gasteiger partial charge is 0.418 e. The van der Waals surface area contributed by atoms with Gasteiger partial charge in [-0.15, -0.1) is 0 Å². The van der Waals surface area contributed by atoms with Gasteiger partial charge in [0.05, 0.1) is 49.0 Å². The van der Waals surface area contributed by atoms with E-state index in [2.05, 4.69) is 9.72 Å². The molecule has 1 heterocycles. The molecule has 0 aliphatic carbocycles. The van der Waals surface area contributed by atoms with Gasteiger partial charge < -0.3 is 4.74 Å². The van der Waals surface area contributed by atoms with Gasteiger partial charge in [0.1, 0.15) is 0 Å². The predicted molar refractivity (Wildman–Crippen MR) is 91.1 cm³/mol. The van der Waals surface area contributed by atoms with Gasteiger partial charge in [-0.2, -0.15) is 13.2 Å². The molecular formula is C14H5Cl5F3NO2. The first-order chi connectivity index (χ1) is 11.5. The molecule has 0 aliphatic rings. The Morgan fingerprint density at radius 2 is 1.48 bits per heavy atom. The van der Waals surface area contributed by atoms with E-state index in [9.17, 15) is 18.0 Å². The Hall–Kier alpha value is -0.920. The van der Waals surface area contributed by atoms with Gasteiger partial charge in [-0.3, -0.25) is 4.98 Å². The maximum Gasteiger partial charge on any atom is 0.418 e. The number of halogens is 8. The van der Waals surface area contributed by atoms with Crippen LogP contribution in [-0.4, -0.2) is 18.1 Å². The molecule has 1 aromatic carbocycles. The van der Waals surface area contributed by atoms with Crippen molar-refractivity contribution >= 4 is 64.0 Å². The number of nitrogens with zero attached hydrogens (tertiary/aromatic N) is 1. The van der Waals surface area contributed by atoms with Crippen LogP contribution >= 0.6 is 58.0 Å². The Morgan fingerprint density at radius 1 is 1.00 bits per heavy atom. The Kier molecular flexibility index (Phi) is 6.01. The van der Waals surface area contributed by atoms with E-state index >= 15 is 0 Å². The number of hydrogen-bond donors (Lipinski definition) is 0. The minimum absolute atomic E-state index is 0.0680. The number of carbonyl (C=O) groups excluding carboxylic acids is 1. The molecule has 0 saturated heterocycles. The van der Waals surface area contributed by atoms with Crippen LogP contribution in [0.4, 0.5) is 13.2 Å². The van der Waals surface area contributed by atoms with Crippen molar-refractivity contribution in [2.45, 2.75) is 6.18 Å². The van der Waals surface area contributed by atoms with Crippen LogP contribution in [-0.2, 0) is 10.9 Å². The lowest BCUT2D eigenvalue weighted by Gasteiger charge is -2.15. The lowest BCUT2D eigenvalue weighted by molar-refractivity contribution is -0.138. The summed E-state index contributed by atoms with van der Waals surface area (Å²) in [4.78, 5) is 15.4. The molecule has 0 amide bonds. The van der Waals surface area contributed by atoms with Crippen molar-refractivity contribution in [1.82, 2.24) is 4.98 Å². The zero-order valence-electron chi connectivity index (χ0n) is 11.9. The summed E-state index contributed by atoms with van der Waals surface area (Å²) < 4.78 is 43.6. The molecule has 3 nitrogen and oxygen atoms in total. The molecule has 0 N–H and O–H groups in total. The molecule has 25 heavy (non-hydrogen) atoms. The fourth-order valence-corrected chi connectivity index (χ4v) is 3.26. The Morgan fingerprint density at radius 3 is 1.92 bits per heavy atom. The third kappa shape index (κ3) is 3.78. The molecule has 0 atom stereocenters. The summed E-state index contributed by atoms with van der Waals surface area (Å²) in [6.45, 7) is 0. The number of alkyl halides is 3. The van der Waals surface area contributed by atoms with Crippen LogP contribution < -0.4 is 0 Å². The minimum Gasteiger partial charge on any atom is -0.465 e. The third-order valence-electron chi connectivity index (χ3n) is 3.08. The van der Waals surface area contributed by atoms with Crippen molar-refractivity contribution in [2.24, 2.45) is 0 Å². The topological polar surface area (TPSA) is 39.2 Å². The first-order valence-corrected chi connectivity index (χ1v) is 8.07. The van der Waals surface area contributed by atoms with Crippen molar-refractivity contribution in [3.8, 4) is 11.3 Å². The van der Waals surface area contributed by atoms with E-state index in [1.807, 2.05) is 0 Å². The molecule has 0 saturated carbocycles. The van der Waals surface area contributed by atoms with Gasteiger partial charge in [-0.05, 0) is 6.07 Å². The average molecular weight is 453 g/mol. The molecule has 0 aliphatic heterocycles. The second-order valence-electron chi connectivity index (χ2n) is 4.55. The molecule has 0 fully saturated rings. The van der Waals surface area contributed by atoms with Gasteiger partial charge in [0.25, 0.3) is 0 Å². The highest BCUT2D eigenvalue weighted by molar-refractivity contribution is 6.56. The first kappa shape index (κ1) is 20.4. The standard InChI is InChI=1S/C14H5Cl5F3NO2/c1-25-13(24)4-2-6(23-3-5(4)14(20,21)22)7-8(15)10(17)12(19)11(18)9(7)16/h2-3H,1H3. The molecule has 0 unspecified atom stereocenters. The normalized spacial score (nSPS) is 11.6. The average Bonchev–Trinajstić information content (AvgIpc) is 2.56. The van der Waals surface area contributed by atoms with E-state index in [0.29, 0.717) is 6.20 Å². The summed E-state index contributed by atoms with van der Waals surface area (Å²) in [7, 11) is 0.943. The Balaban J connectivity index is 2.81. The summed E-state index contributed by atoms with van der Waals surface area (Å²) in [6.07, 6.45) is -4.36. The molecule has 2 aromatic rings. The molecule has 0 bridgehead atoms. The number of methoxy groups -OCH3 is 1. The highest BCUT2D eigenvalue weighted by Gasteiger charge is 2.37. The number of benzene rings is 1. The molecule has 2 rings (SSSR count). The number of pyridine rings is 1. The van der Waals surface area contributed by atoms with Crippen molar-refractivity contribution < 1.29 is 22.7 Å². The molecule has 1 aromatic heterocycles. The molecule has 11 heteroatoms. The molecular weight excluding hydrogens is 448 g/mol. The van der Waals surface area contributed by atoms with Crippen LogP contribution in [0.25, 0.3) is 11.3 Å². The number of rotatable bonds is 2. The Bertz CT molecular complexity index is 842. The van der Waals surface area contributed by atoms with Gasteiger partial charge in [0, 0.05) is 11.8 Å². The quantitative estimate of drug-likeness (QED) is 0.285. The number of hydrogen-bond acceptors (Lipinski definition) is 3. The lowest BCUT2D eigenvalue weighted by Crippen LogP contribution is -2.15. The SMILES string of the molecule is COC(=O)c1cc(-c2c(Cl)c(Cl)c(Cl)c(Cl)c2Cl)ncc1C(F)(F)F. The van der Waals surface area contributed by atoms with E-state index in [0.717, 1.165) is 13.2 Å². The van der Waals surface area contributed by atoms with Crippen LogP contribution in [0.1, 0.15) is 15.9 Å². The van der Waals surface area contributed by atoms with E-state index in [4.69, 9.17) is 58.0 Å². The van der Waals surface area contributed by atoms with Crippen molar-refractivity contribution in [3.05, 3.63) is 48.5 Å². The van der Waals surface area contributed by atoms with Crippen LogP contribution in [0.2, 0.25) is 25.1 Å². The first-order valence-electron chi connectivity index (χ1n) is 6.18. The zero-order valence-corrected chi connectivity index (χ0v) is 15.7. The zero-order chi connectivity index (χ0) is 19.1. The predicted octanol–water partition coefficient (Wildman–Crippen LogP) is 6.82. The van der Waals surface area contributed by atoms with E-state index in [1.165, 1.54) is 0 Å². The fraction of sp³-hybridized carbons (Fsp3) is 0.143. The second kappa shape index (κ2) is 7.37. The molecule has 0 spiro atoms. The third-order valence-corrected chi connectivity index (χ3v) is 5.36. The van der Waals surface area contributed by atoms with Crippen molar-refractivity contribution in [2.75, 3.05) is 7.11 Å². The summed E-state index contributed by atoms with van der Waals surface area (Å²) in [6, 6.07) is 0.836. The maximum absolute atomic E-state index is 13.1. The van der Waals surface area contributed by atoms with Gasteiger partial charge in [-0.1, -0.05) is 58.0 Å². The number of aromatic nitrogens is 1. The highest BCUT2D eigenvalue weighted by atomic mass is 35.5. The van der Waals surface area contributed by atoms with E-state index in [-0.39, 0.29) is 36.4 Å². The van der Waals surface area contributed by atoms with Crippen molar-refractivity contribution in [1.29, 1.82) is 0 Å². The summed E-state index contributed by atoms with van der Waals surface area (Å²) in [5, 5.41) is -0.793. The van der Waals surface area contributed by atoms with Gasteiger partial charge in [-0.25, -0.2) is 4.79 Å². The van der Waals surface area contributed by atoms with Gasteiger partial charge >= 0.3 is 12.1 Å². The lowest BCUT2D eigenvalue weighted by atomic mass is 10.0. The number of ether oxygens (including phenoxy) is 1. The van der Waals surface area contributed by atoms with E-state index < -0.39 is 23.3 Å². The maximum atomic E-state index is 13.1. The van der Waals surface area contributed by atoms with Crippen LogP contribution in [0, 0.1) is 0 Å². The van der Waals surface area contributed by atoms with Crippen molar-refractivity contribution in [3.63, 3.8) is 0 Å². The molecule has 0 radical (unpaired) electrons. The second-order valence-corrected chi connectivity index (χ2v) is 6.44. The van der Waals surface area contributed by atoms with Gasteiger partial charge in [0.15, 0.2) is 0 Å². The fourth-order valence-electron chi connectivity index (χ4n) is 1.93. The van der Waals surface area contributed by atoms with Gasteiger partial charge in [0.2, 0.25) is 0 Å². The summed E-state index contributed by atoms with van der Waals surface area (Å²) >= 11 is 29.9. The number of esters is 1. The minimum atomic E-state index is -4.82. The summed E-state index contributed by atoms with van der Waals surface area (Å²) in [5.41, 5.74) is -2.28. The van der Waals surface area contributed by atoms with Crippen LogP contribution in [0.3, 0.4) is 0 Å².